The molecule has 0 fully saturated rings. The number of fused-ring (bicyclic) bond motifs is 2. The van der Waals surface area contributed by atoms with Crippen LogP contribution >= 0.6 is 11.3 Å². The average molecular weight is 295 g/mol. The van der Waals surface area contributed by atoms with E-state index < -0.39 is 0 Å². The monoisotopic (exact) mass is 295 g/mol. The highest BCUT2D eigenvalue weighted by Gasteiger charge is 2.21. The summed E-state index contributed by atoms with van der Waals surface area (Å²) in [5.74, 6) is 0.686. The predicted molar refractivity (Wildman–Crippen MR) is 85.7 cm³/mol. The molecule has 1 aliphatic rings. The van der Waals surface area contributed by atoms with E-state index in [1.165, 1.54) is 0 Å². The van der Waals surface area contributed by atoms with Gasteiger partial charge in [-0.3, -0.25) is 4.79 Å². The fourth-order valence-electron chi connectivity index (χ4n) is 2.67. The lowest BCUT2D eigenvalue weighted by molar-refractivity contribution is 0.103. The fraction of sp³-hybridized carbons (Fsp3) is 0.118. The SMILES string of the molecule is O=C(c1cccc2c1OCCN2)c1cccc2ccsc12. The van der Waals surface area contributed by atoms with Crippen LogP contribution in [0.25, 0.3) is 10.1 Å². The molecule has 1 N–H and O–H groups in total. The molecule has 4 heteroatoms. The number of thiophene rings is 1. The number of carbonyl (C=O) groups excluding carboxylic acids is 1. The van der Waals surface area contributed by atoms with Crippen LogP contribution in [0.1, 0.15) is 15.9 Å². The topological polar surface area (TPSA) is 38.3 Å². The van der Waals surface area contributed by atoms with Gasteiger partial charge in [-0.2, -0.15) is 0 Å². The van der Waals surface area contributed by atoms with Crippen LogP contribution in [0.5, 0.6) is 5.75 Å². The van der Waals surface area contributed by atoms with E-state index in [0.717, 1.165) is 27.9 Å². The zero-order valence-electron chi connectivity index (χ0n) is 11.3. The first kappa shape index (κ1) is 12.4. The molecule has 0 aliphatic carbocycles. The normalized spacial score (nSPS) is 13.3. The molecule has 0 radical (unpaired) electrons. The first-order chi connectivity index (χ1) is 10.3. The summed E-state index contributed by atoms with van der Waals surface area (Å²) < 4.78 is 6.74. The average Bonchev–Trinajstić information content (AvgIpc) is 3.02. The highest BCUT2D eigenvalue weighted by atomic mass is 32.1. The molecular formula is C17H13NO2S. The molecule has 0 atom stereocenters. The highest BCUT2D eigenvalue weighted by Crippen LogP contribution is 2.34. The van der Waals surface area contributed by atoms with Gasteiger partial charge in [-0.05, 0) is 35.0 Å². The van der Waals surface area contributed by atoms with Crippen molar-refractivity contribution in [3.63, 3.8) is 0 Å². The van der Waals surface area contributed by atoms with E-state index in [9.17, 15) is 4.79 Å². The van der Waals surface area contributed by atoms with Crippen LogP contribution in [0.2, 0.25) is 0 Å². The van der Waals surface area contributed by atoms with Gasteiger partial charge in [0.25, 0.3) is 0 Å². The van der Waals surface area contributed by atoms with Gasteiger partial charge in [0.1, 0.15) is 6.61 Å². The molecule has 3 nitrogen and oxygen atoms in total. The van der Waals surface area contributed by atoms with Crippen LogP contribution in [0, 0.1) is 0 Å². The van der Waals surface area contributed by atoms with Gasteiger partial charge in [-0.15, -0.1) is 11.3 Å². The van der Waals surface area contributed by atoms with E-state index in [2.05, 4.69) is 5.32 Å². The molecule has 4 rings (SSSR count). The third-order valence-corrected chi connectivity index (χ3v) is 4.61. The molecule has 2 heterocycles. The molecule has 3 aromatic rings. The molecule has 0 saturated carbocycles. The first-order valence-corrected chi connectivity index (χ1v) is 7.73. The van der Waals surface area contributed by atoms with Gasteiger partial charge in [0.15, 0.2) is 11.5 Å². The van der Waals surface area contributed by atoms with Crippen LogP contribution < -0.4 is 10.1 Å². The summed E-state index contributed by atoms with van der Waals surface area (Å²) >= 11 is 1.60. The number of hydrogen-bond donors (Lipinski definition) is 1. The van der Waals surface area contributed by atoms with Crippen LogP contribution in [-0.4, -0.2) is 18.9 Å². The maximum Gasteiger partial charge on any atom is 0.198 e. The van der Waals surface area contributed by atoms with Crippen molar-refractivity contribution in [1.29, 1.82) is 0 Å². The van der Waals surface area contributed by atoms with Gasteiger partial charge in [-0.1, -0.05) is 18.2 Å². The summed E-state index contributed by atoms with van der Waals surface area (Å²) in [7, 11) is 0. The lowest BCUT2D eigenvalue weighted by atomic mass is 10.00. The summed E-state index contributed by atoms with van der Waals surface area (Å²) in [5.41, 5.74) is 2.26. The van der Waals surface area contributed by atoms with Crippen molar-refractivity contribution in [3.8, 4) is 5.75 Å². The van der Waals surface area contributed by atoms with Crippen molar-refractivity contribution in [3.05, 3.63) is 59.0 Å². The third kappa shape index (κ3) is 1.99. The van der Waals surface area contributed by atoms with Crippen molar-refractivity contribution in [2.24, 2.45) is 0 Å². The Kier molecular flexibility index (Phi) is 2.89. The highest BCUT2D eigenvalue weighted by molar-refractivity contribution is 7.17. The van der Waals surface area contributed by atoms with E-state index in [1.807, 2.05) is 47.8 Å². The lowest BCUT2D eigenvalue weighted by Gasteiger charge is -2.21. The zero-order chi connectivity index (χ0) is 14.2. The Bertz CT molecular complexity index is 838. The van der Waals surface area contributed by atoms with Crippen LogP contribution in [0.15, 0.2) is 47.8 Å². The number of hydrogen-bond acceptors (Lipinski definition) is 4. The number of benzene rings is 2. The number of para-hydroxylation sites is 1. The number of nitrogens with one attached hydrogen (secondary N) is 1. The fourth-order valence-corrected chi connectivity index (χ4v) is 3.58. The van der Waals surface area contributed by atoms with Crippen molar-refractivity contribution in [1.82, 2.24) is 0 Å². The molecule has 0 saturated heterocycles. The standard InChI is InChI=1S/C17H13NO2S/c19-15(13-5-1-3-11-7-10-21-17(11)13)12-4-2-6-14-16(12)20-9-8-18-14/h1-7,10,18H,8-9H2. The second-order valence-electron chi connectivity index (χ2n) is 4.93. The molecule has 104 valence electrons. The quantitative estimate of drug-likeness (QED) is 0.728. The van der Waals surface area contributed by atoms with Crippen molar-refractivity contribution >= 4 is 32.9 Å². The van der Waals surface area contributed by atoms with E-state index in [0.29, 0.717) is 17.9 Å². The number of carbonyl (C=O) groups is 1. The Labute approximate surface area is 126 Å². The van der Waals surface area contributed by atoms with Crippen molar-refractivity contribution in [2.75, 3.05) is 18.5 Å². The van der Waals surface area contributed by atoms with Gasteiger partial charge in [0.2, 0.25) is 0 Å². The third-order valence-electron chi connectivity index (χ3n) is 3.65. The van der Waals surface area contributed by atoms with Gasteiger partial charge < -0.3 is 10.1 Å². The minimum atomic E-state index is 0.0172. The summed E-state index contributed by atoms with van der Waals surface area (Å²) in [6.45, 7) is 1.35. The summed E-state index contributed by atoms with van der Waals surface area (Å²) in [4.78, 5) is 12.9. The van der Waals surface area contributed by atoms with Gasteiger partial charge in [0.05, 0.1) is 11.3 Å². The number of anilines is 1. The Morgan fingerprint density at radius 1 is 1.10 bits per heavy atom. The van der Waals surface area contributed by atoms with E-state index in [1.54, 1.807) is 11.3 Å². The Hall–Kier alpha value is -2.33. The van der Waals surface area contributed by atoms with Crippen LogP contribution in [0.3, 0.4) is 0 Å². The second-order valence-corrected chi connectivity index (χ2v) is 5.85. The Balaban J connectivity index is 1.87. The van der Waals surface area contributed by atoms with E-state index in [-0.39, 0.29) is 5.78 Å². The van der Waals surface area contributed by atoms with Crippen LogP contribution in [-0.2, 0) is 0 Å². The first-order valence-electron chi connectivity index (χ1n) is 6.85. The second kappa shape index (κ2) is 4.90. The molecule has 1 aromatic heterocycles. The molecular weight excluding hydrogens is 282 g/mol. The summed E-state index contributed by atoms with van der Waals surface area (Å²) in [6, 6.07) is 13.5. The van der Waals surface area contributed by atoms with Gasteiger partial charge in [-0.25, -0.2) is 0 Å². The number of ether oxygens (including phenoxy) is 1. The molecule has 0 unspecified atom stereocenters. The largest absolute Gasteiger partial charge is 0.489 e. The van der Waals surface area contributed by atoms with E-state index in [4.69, 9.17) is 4.74 Å². The molecule has 21 heavy (non-hydrogen) atoms. The maximum atomic E-state index is 12.9. The molecule has 2 aromatic carbocycles. The molecule has 0 spiro atoms. The summed E-state index contributed by atoms with van der Waals surface area (Å²) in [5, 5.41) is 6.39. The Morgan fingerprint density at radius 2 is 1.95 bits per heavy atom. The minimum Gasteiger partial charge on any atom is -0.489 e. The number of rotatable bonds is 2. The van der Waals surface area contributed by atoms with Crippen LogP contribution in [0.4, 0.5) is 5.69 Å². The number of ketones is 1. The van der Waals surface area contributed by atoms with Crippen molar-refractivity contribution < 1.29 is 9.53 Å². The van der Waals surface area contributed by atoms with Crippen molar-refractivity contribution in [2.45, 2.75) is 0 Å². The maximum absolute atomic E-state index is 12.9. The molecule has 1 aliphatic heterocycles. The van der Waals surface area contributed by atoms with E-state index >= 15 is 0 Å². The lowest BCUT2D eigenvalue weighted by Crippen LogP contribution is -2.20. The zero-order valence-corrected chi connectivity index (χ0v) is 12.1. The molecule has 0 amide bonds. The predicted octanol–water partition coefficient (Wildman–Crippen LogP) is 3.94. The molecule has 0 bridgehead atoms. The minimum absolute atomic E-state index is 0.0172. The smallest absolute Gasteiger partial charge is 0.198 e. The van der Waals surface area contributed by atoms with Gasteiger partial charge >= 0.3 is 0 Å². The van der Waals surface area contributed by atoms with Gasteiger partial charge in [0, 0.05) is 16.8 Å². The Morgan fingerprint density at radius 3 is 2.90 bits per heavy atom. The summed E-state index contributed by atoms with van der Waals surface area (Å²) in [6.07, 6.45) is 0.